The highest BCUT2D eigenvalue weighted by Crippen LogP contribution is 2.29. The number of anilines is 1. The number of furan rings is 1. The number of amides is 1. The van der Waals surface area contributed by atoms with Crippen LogP contribution in [0.2, 0.25) is 0 Å². The van der Waals surface area contributed by atoms with E-state index in [4.69, 9.17) is 9.40 Å². The van der Waals surface area contributed by atoms with Crippen molar-refractivity contribution in [3.05, 3.63) is 48.4 Å². The van der Waals surface area contributed by atoms with Crippen LogP contribution in [-0.4, -0.2) is 42.0 Å². The predicted octanol–water partition coefficient (Wildman–Crippen LogP) is 3.24. The molecule has 0 N–H and O–H groups in total. The molecule has 3 heterocycles. The summed E-state index contributed by atoms with van der Waals surface area (Å²) in [5.74, 6) is 0.389. The maximum absolute atomic E-state index is 12.4. The van der Waals surface area contributed by atoms with Crippen molar-refractivity contribution in [1.82, 2.24) is 9.88 Å². The van der Waals surface area contributed by atoms with Crippen LogP contribution in [0.15, 0.2) is 47.1 Å². The van der Waals surface area contributed by atoms with Gasteiger partial charge in [0.15, 0.2) is 10.9 Å². The second-order valence-corrected chi connectivity index (χ2v) is 6.58. The van der Waals surface area contributed by atoms with Gasteiger partial charge in [0.2, 0.25) is 0 Å². The molecular formula is C17H17N3O2S. The quantitative estimate of drug-likeness (QED) is 0.725. The van der Waals surface area contributed by atoms with Crippen LogP contribution in [0.4, 0.5) is 5.13 Å². The smallest absolute Gasteiger partial charge is 0.289 e. The number of fused-ring (bicyclic) bond motifs is 1. The predicted molar refractivity (Wildman–Crippen MR) is 91.1 cm³/mol. The minimum Gasteiger partial charge on any atom is -0.459 e. The van der Waals surface area contributed by atoms with Crippen LogP contribution in [0.25, 0.3) is 10.2 Å². The number of aromatic nitrogens is 1. The largest absolute Gasteiger partial charge is 0.459 e. The number of para-hydroxylation sites is 1. The van der Waals surface area contributed by atoms with Crippen LogP contribution in [0.5, 0.6) is 0 Å². The fourth-order valence-electron chi connectivity index (χ4n) is 2.86. The lowest BCUT2D eigenvalue weighted by atomic mass is 10.3. The molecule has 1 aromatic carbocycles. The Balaban J connectivity index is 1.49. The van der Waals surface area contributed by atoms with E-state index in [1.54, 1.807) is 29.7 Å². The number of carbonyl (C=O) groups excluding carboxylic acids is 1. The fraction of sp³-hybridized carbons (Fsp3) is 0.294. The summed E-state index contributed by atoms with van der Waals surface area (Å²) < 4.78 is 6.43. The van der Waals surface area contributed by atoms with Gasteiger partial charge in [-0.1, -0.05) is 23.5 Å². The number of hydrogen-bond donors (Lipinski definition) is 0. The lowest BCUT2D eigenvalue weighted by molar-refractivity contribution is 0.0735. The van der Waals surface area contributed by atoms with Gasteiger partial charge in [-0.3, -0.25) is 4.79 Å². The van der Waals surface area contributed by atoms with Gasteiger partial charge in [0.05, 0.1) is 16.5 Å². The Hall–Kier alpha value is -2.34. The first kappa shape index (κ1) is 14.3. The highest BCUT2D eigenvalue weighted by Gasteiger charge is 2.23. The van der Waals surface area contributed by atoms with Crippen LogP contribution >= 0.6 is 11.3 Å². The van der Waals surface area contributed by atoms with E-state index in [2.05, 4.69) is 11.0 Å². The van der Waals surface area contributed by atoms with Crippen LogP contribution in [0.1, 0.15) is 17.0 Å². The van der Waals surface area contributed by atoms with Crippen molar-refractivity contribution in [3.8, 4) is 0 Å². The second-order valence-electron chi connectivity index (χ2n) is 5.57. The molecule has 4 rings (SSSR count). The summed E-state index contributed by atoms with van der Waals surface area (Å²) >= 11 is 1.71. The summed E-state index contributed by atoms with van der Waals surface area (Å²) in [5.41, 5.74) is 1.04. The molecule has 23 heavy (non-hydrogen) atoms. The van der Waals surface area contributed by atoms with Crippen molar-refractivity contribution < 1.29 is 9.21 Å². The molecule has 1 aliphatic rings. The van der Waals surface area contributed by atoms with E-state index in [0.29, 0.717) is 12.3 Å². The Morgan fingerprint density at radius 3 is 2.83 bits per heavy atom. The summed E-state index contributed by atoms with van der Waals surface area (Å²) in [6.07, 6.45) is 2.47. The Morgan fingerprint density at radius 2 is 2.00 bits per heavy atom. The van der Waals surface area contributed by atoms with E-state index in [-0.39, 0.29) is 5.91 Å². The van der Waals surface area contributed by atoms with Crippen molar-refractivity contribution in [2.45, 2.75) is 6.42 Å². The monoisotopic (exact) mass is 327 g/mol. The first-order valence-electron chi connectivity index (χ1n) is 7.74. The molecule has 0 spiro atoms. The van der Waals surface area contributed by atoms with E-state index in [0.717, 1.165) is 36.7 Å². The molecule has 1 fully saturated rings. The third kappa shape index (κ3) is 2.82. The number of nitrogens with zero attached hydrogens (tertiary/aromatic N) is 3. The summed E-state index contributed by atoms with van der Waals surface area (Å²) in [6, 6.07) is 11.7. The van der Waals surface area contributed by atoms with Gasteiger partial charge < -0.3 is 14.2 Å². The molecular weight excluding hydrogens is 310 g/mol. The first-order valence-corrected chi connectivity index (χ1v) is 8.56. The zero-order valence-corrected chi connectivity index (χ0v) is 13.5. The highest BCUT2D eigenvalue weighted by molar-refractivity contribution is 7.22. The van der Waals surface area contributed by atoms with Gasteiger partial charge in [-0.05, 0) is 30.7 Å². The highest BCUT2D eigenvalue weighted by atomic mass is 32.1. The summed E-state index contributed by atoms with van der Waals surface area (Å²) in [4.78, 5) is 21.3. The van der Waals surface area contributed by atoms with Gasteiger partial charge in [0.25, 0.3) is 5.91 Å². The van der Waals surface area contributed by atoms with Crippen LogP contribution in [-0.2, 0) is 0 Å². The van der Waals surface area contributed by atoms with E-state index in [1.165, 1.54) is 4.70 Å². The average Bonchev–Trinajstić information content (AvgIpc) is 3.19. The Labute approximate surface area is 138 Å². The van der Waals surface area contributed by atoms with Gasteiger partial charge in [-0.2, -0.15) is 0 Å². The molecule has 1 aliphatic heterocycles. The van der Waals surface area contributed by atoms with Gasteiger partial charge in [-0.25, -0.2) is 4.98 Å². The Morgan fingerprint density at radius 1 is 1.09 bits per heavy atom. The van der Waals surface area contributed by atoms with Gasteiger partial charge in [-0.15, -0.1) is 0 Å². The Bertz CT molecular complexity index is 779. The van der Waals surface area contributed by atoms with E-state index in [1.807, 2.05) is 23.1 Å². The molecule has 1 saturated heterocycles. The fourth-order valence-corrected chi connectivity index (χ4v) is 3.88. The maximum atomic E-state index is 12.4. The normalized spacial score (nSPS) is 15.8. The first-order chi connectivity index (χ1) is 11.3. The van der Waals surface area contributed by atoms with E-state index >= 15 is 0 Å². The molecule has 0 unspecified atom stereocenters. The molecule has 0 atom stereocenters. The zero-order valence-electron chi connectivity index (χ0n) is 12.6. The van der Waals surface area contributed by atoms with Gasteiger partial charge >= 0.3 is 0 Å². The molecule has 0 bridgehead atoms. The number of rotatable bonds is 2. The van der Waals surface area contributed by atoms with Crippen molar-refractivity contribution >= 4 is 32.6 Å². The SMILES string of the molecule is O=C(c1ccco1)N1CCCN(c2nc3ccccc3s2)CC1. The van der Waals surface area contributed by atoms with Gasteiger partial charge in [0, 0.05) is 26.2 Å². The van der Waals surface area contributed by atoms with Crippen molar-refractivity contribution in [3.63, 3.8) is 0 Å². The lowest BCUT2D eigenvalue weighted by Gasteiger charge is -2.20. The average molecular weight is 327 g/mol. The lowest BCUT2D eigenvalue weighted by Crippen LogP contribution is -2.35. The van der Waals surface area contributed by atoms with Crippen LogP contribution < -0.4 is 4.90 Å². The topological polar surface area (TPSA) is 49.6 Å². The standard InChI is InChI=1S/C17H17N3O2S/c21-16(14-6-3-12-22-14)19-8-4-9-20(11-10-19)17-18-13-5-1-2-7-15(13)23-17/h1-3,5-7,12H,4,8-11H2. The molecule has 0 radical (unpaired) electrons. The van der Waals surface area contributed by atoms with Crippen molar-refractivity contribution in [2.24, 2.45) is 0 Å². The molecule has 0 saturated carbocycles. The maximum Gasteiger partial charge on any atom is 0.289 e. The minimum atomic E-state index is -0.0267. The molecule has 0 aliphatic carbocycles. The summed E-state index contributed by atoms with van der Waals surface area (Å²) in [5, 5.41) is 1.04. The molecule has 6 heteroatoms. The van der Waals surface area contributed by atoms with Gasteiger partial charge in [0.1, 0.15) is 0 Å². The summed E-state index contributed by atoms with van der Waals surface area (Å²) in [6.45, 7) is 3.16. The van der Waals surface area contributed by atoms with Crippen molar-refractivity contribution in [1.29, 1.82) is 0 Å². The zero-order chi connectivity index (χ0) is 15.6. The Kier molecular flexibility index (Phi) is 3.75. The molecule has 2 aromatic heterocycles. The van der Waals surface area contributed by atoms with Crippen LogP contribution in [0, 0.1) is 0 Å². The molecule has 3 aromatic rings. The third-order valence-electron chi connectivity index (χ3n) is 4.07. The molecule has 118 valence electrons. The number of benzene rings is 1. The minimum absolute atomic E-state index is 0.0267. The molecule has 1 amide bonds. The second kappa shape index (κ2) is 6.04. The number of carbonyl (C=O) groups is 1. The third-order valence-corrected chi connectivity index (χ3v) is 5.17. The number of thiazole rings is 1. The summed E-state index contributed by atoms with van der Waals surface area (Å²) in [7, 11) is 0. The van der Waals surface area contributed by atoms with Crippen molar-refractivity contribution in [2.75, 3.05) is 31.1 Å². The van der Waals surface area contributed by atoms with E-state index in [9.17, 15) is 4.79 Å². The number of hydrogen-bond acceptors (Lipinski definition) is 5. The molecule has 5 nitrogen and oxygen atoms in total. The van der Waals surface area contributed by atoms with E-state index < -0.39 is 0 Å². The van der Waals surface area contributed by atoms with Crippen LogP contribution in [0.3, 0.4) is 0 Å².